The van der Waals surface area contributed by atoms with Gasteiger partial charge in [-0.25, -0.2) is 4.79 Å². The van der Waals surface area contributed by atoms with E-state index in [0.29, 0.717) is 31.2 Å². The highest BCUT2D eigenvalue weighted by Crippen LogP contribution is 2.33. The first-order chi connectivity index (χ1) is 21.1. The number of fused-ring (bicyclic) bond motifs is 1. The van der Waals surface area contributed by atoms with Gasteiger partial charge in [0.05, 0.1) is 12.1 Å². The normalized spacial score (nSPS) is 19.9. The predicted molar refractivity (Wildman–Crippen MR) is 182 cm³/mol. The third kappa shape index (κ3) is 18.7. The molecule has 0 aromatic rings. The number of hydrogen-bond acceptors (Lipinski definition) is 4. The lowest BCUT2D eigenvalue weighted by molar-refractivity contribution is -0.121. The van der Waals surface area contributed by atoms with Gasteiger partial charge in [0.15, 0.2) is 0 Å². The predicted octanol–water partition coefficient (Wildman–Crippen LogP) is 7.26. The van der Waals surface area contributed by atoms with Crippen molar-refractivity contribution in [3.8, 4) is 0 Å². The first-order valence-electron chi connectivity index (χ1n) is 16.9. The summed E-state index contributed by atoms with van der Waals surface area (Å²) in [6, 6.07) is 0.461. The van der Waals surface area contributed by atoms with Crippen molar-refractivity contribution in [1.29, 1.82) is 0 Å². The maximum absolute atomic E-state index is 12.1. The van der Waals surface area contributed by atoms with E-state index in [0.717, 1.165) is 76.4 Å². The molecule has 2 aliphatic rings. The molecule has 0 aromatic heterocycles. The van der Waals surface area contributed by atoms with Crippen LogP contribution in [-0.4, -0.2) is 54.0 Å². The largest absolute Gasteiger partial charge is 0.356 e. The van der Waals surface area contributed by atoms with E-state index in [-0.39, 0.29) is 29.9 Å². The summed E-state index contributed by atoms with van der Waals surface area (Å²) in [5.74, 6) is 1.22. The minimum absolute atomic E-state index is 0.0453. The van der Waals surface area contributed by atoms with Gasteiger partial charge in [-0.1, -0.05) is 74.8 Å². The van der Waals surface area contributed by atoms with Crippen molar-refractivity contribution in [3.05, 3.63) is 48.6 Å². The summed E-state index contributed by atoms with van der Waals surface area (Å²) in [6.45, 7) is 3.64. The zero-order valence-corrected chi connectivity index (χ0v) is 27.4. The van der Waals surface area contributed by atoms with Crippen molar-refractivity contribution in [3.63, 3.8) is 0 Å². The maximum atomic E-state index is 12.1. The number of allylic oxidation sites excluding steroid dienone is 8. The van der Waals surface area contributed by atoms with Gasteiger partial charge in [0.25, 0.3) is 0 Å². The summed E-state index contributed by atoms with van der Waals surface area (Å²) in [5.41, 5.74) is 0. The number of unbranched alkanes of at least 4 members (excludes halogenated alkanes) is 7. The van der Waals surface area contributed by atoms with Gasteiger partial charge in [-0.15, -0.1) is 0 Å². The van der Waals surface area contributed by atoms with Crippen molar-refractivity contribution in [2.45, 2.75) is 133 Å². The quantitative estimate of drug-likeness (QED) is 0.0494. The first-order valence-corrected chi connectivity index (χ1v) is 18.0. The van der Waals surface area contributed by atoms with Gasteiger partial charge in [-0.3, -0.25) is 9.59 Å². The average molecular weight is 615 g/mol. The third-order valence-electron chi connectivity index (χ3n) is 7.81. The lowest BCUT2D eigenvalue weighted by Gasteiger charge is -2.16. The summed E-state index contributed by atoms with van der Waals surface area (Å²) in [7, 11) is 0. The number of nitrogens with one attached hydrogen (secondary N) is 4. The molecule has 0 radical (unpaired) electrons. The molecule has 4 N–H and O–H groups in total. The van der Waals surface area contributed by atoms with Crippen LogP contribution in [0.4, 0.5) is 4.79 Å². The SMILES string of the molecule is CCCCC/C=C\C/C=C\C/C=C\C/C=C\CCCC(=O)NCCCCCNC(=O)CCCC[C@@H]1SC[C@H]2NC(=O)N[C@@H]12. The van der Waals surface area contributed by atoms with Crippen molar-refractivity contribution >= 4 is 29.6 Å². The maximum Gasteiger partial charge on any atom is 0.315 e. The zero-order chi connectivity index (χ0) is 30.8. The van der Waals surface area contributed by atoms with Crippen molar-refractivity contribution < 1.29 is 14.4 Å². The van der Waals surface area contributed by atoms with E-state index in [2.05, 4.69) is 76.8 Å². The van der Waals surface area contributed by atoms with Crippen LogP contribution in [0.15, 0.2) is 48.6 Å². The van der Waals surface area contributed by atoms with Crippen molar-refractivity contribution in [2.24, 2.45) is 0 Å². The highest BCUT2D eigenvalue weighted by Gasteiger charge is 2.42. The molecule has 2 aliphatic heterocycles. The molecule has 0 spiro atoms. The number of carbonyl (C=O) groups excluding carboxylic acids is 3. The van der Waals surface area contributed by atoms with Crippen LogP contribution >= 0.6 is 11.8 Å². The van der Waals surface area contributed by atoms with Gasteiger partial charge in [0, 0.05) is 36.9 Å². The van der Waals surface area contributed by atoms with Gasteiger partial charge in [0.1, 0.15) is 0 Å². The second-order valence-corrected chi connectivity index (χ2v) is 12.9. The minimum Gasteiger partial charge on any atom is -0.356 e. The molecule has 3 atom stereocenters. The molecule has 43 heavy (non-hydrogen) atoms. The first kappa shape index (κ1) is 36.7. The Labute approximate surface area is 265 Å². The highest BCUT2D eigenvalue weighted by molar-refractivity contribution is 8.00. The number of amides is 4. The highest BCUT2D eigenvalue weighted by atomic mass is 32.2. The van der Waals surface area contributed by atoms with E-state index in [1.54, 1.807) is 0 Å². The molecule has 2 rings (SSSR count). The van der Waals surface area contributed by atoms with E-state index >= 15 is 0 Å². The van der Waals surface area contributed by atoms with E-state index in [1.807, 2.05) is 11.8 Å². The Kier molecular flexibility index (Phi) is 21.3. The number of thioether (sulfide) groups is 1. The van der Waals surface area contributed by atoms with Crippen LogP contribution in [-0.2, 0) is 9.59 Å². The molecule has 0 saturated carbocycles. The molecule has 0 aromatic carbocycles. The van der Waals surface area contributed by atoms with Crippen LogP contribution in [0, 0.1) is 0 Å². The fourth-order valence-corrected chi connectivity index (χ4v) is 6.82. The molecule has 2 saturated heterocycles. The molecular weight excluding hydrogens is 556 g/mol. The molecule has 7 nitrogen and oxygen atoms in total. The third-order valence-corrected chi connectivity index (χ3v) is 9.32. The molecule has 2 fully saturated rings. The van der Waals surface area contributed by atoms with Crippen LogP contribution in [0.1, 0.15) is 116 Å². The topological polar surface area (TPSA) is 99.3 Å². The minimum atomic E-state index is -0.0453. The smallest absolute Gasteiger partial charge is 0.315 e. The Morgan fingerprint density at radius 2 is 1.30 bits per heavy atom. The number of rotatable bonds is 25. The fourth-order valence-electron chi connectivity index (χ4n) is 5.27. The molecule has 0 unspecified atom stereocenters. The standard InChI is InChI=1S/C35H58N4O3S/c1-2-3-4-5-6-7-8-9-10-11-12-13-14-15-16-17-19-25-32(40)36-27-22-18-23-28-37-33(41)26-21-20-24-31-34-30(29-43-31)38-35(42)39-34/h6-7,9-10,12-13,15-16,30-31,34H,2-5,8,11,14,17-29H2,1H3,(H,36,40)(H,37,41)(H2,38,39,42)/b7-6-,10-9-,13-12-,16-15-/t30-,31+,34-/m1/s1. The lowest BCUT2D eigenvalue weighted by atomic mass is 10.0. The Morgan fingerprint density at radius 1 is 0.721 bits per heavy atom. The summed E-state index contributed by atoms with van der Waals surface area (Å²) >= 11 is 1.92. The van der Waals surface area contributed by atoms with Crippen molar-refractivity contribution in [1.82, 2.24) is 21.3 Å². The lowest BCUT2D eigenvalue weighted by Crippen LogP contribution is -2.36. The fraction of sp³-hybridized carbons (Fsp3) is 0.686. The van der Waals surface area contributed by atoms with Crippen LogP contribution < -0.4 is 21.3 Å². The van der Waals surface area contributed by atoms with Gasteiger partial charge in [-0.2, -0.15) is 11.8 Å². The van der Waals surface area contributed by atoms with E-state index in [4.69, 9.17) is 0 Å². The van der Waals surface area contributed by atoms with E-state index in [9.17, 15) is 14.4 Å². The van der Waals surface area contributed by atoms with Crippen LogP contribution in [0.5, 0.6) is 0 Å². The summed E-state index contributed by atoms with van der Waals surface area (Å²) in [6.07, 6.45) is 34.6. The second-order valence-electron chi connectivity index (χ2n) is 11.6. The van der Waals surface area contributed by atoms with Gasteiger partial charge >= 0.3 is 6.03 Å². The average Bonchev–Trinajstić information content (AvgIpc) is 3.55. The Morgan fingerprint density at radius 3 is 1.93 bits per heavy atom. The Balaban J connectivity index is 1.30. The van der Waals surface area contributed by atoms with Crippen LogP contribution in [0.25, 0.3) is 0 Å². The summed E-state index contributed by atoms with van der Waals surface area (Å²) < 4.78 is 0. The van der Waals surface area contributed by atoms with Crippen LogP contribution in [0.2, 0.25) is 0 Å². The second kappa shape index (κ2) is 24.9. The molecule has 8 heteroatoms. The zero-order valence-electron chi connectivity index (χ0n) is 26.6. The Hall–Kier alpha value is -2.48. The monoisotopic (exact) mass is 614 g/mol. The van der Waals surface area contributed by atoms with Crippen LogP contribution in [0.3, 0.4) is 0 Å². The molecule has 4 amide bonds. The number of carbonyl (C=O) groups is 3. The molecule has 0 bridgehead atoms. The summed E-state index contributed by atoms with van der Waals surface area (Å²) in [4.78, 5) is 35.6. The van der Waals surface area contributed by atoms with Crippen molar-refractivity contribution in [2.75, 3.05) is 18.8 Å². The molecular formula is C35H58N4O3S. The van der Waals surface area contributed by atoms with Gasteiger partial charge in [-0.05, 0) is 77.0 Å². The number of hydrogen-bond donors (Lipinski definition) is 4. The Bertz CT molecular complexity index is 902. The van der Waals surface area contributed by atoms with E-state index in [1.165, 1.54) is 25.7 Å². The number of urea groups is 1. The van der Waals surface area contributed by atoms with E-state index < -0.39 is 0 Å². The van der Waals surface area contributed by atoms with Gasteiger partial charge < -0.3 is 21.3 Å². The molecule has 242 valence electrons. The molecule has 2 heterocycles. The summed E-state index contributed by atoms with van der Waals surface area (Å²) in [5, 5.41) is 12.5. The van der Waals surface area contributed by atoms with Gasteiger partial charge in [0.2, 0.25) is 11.8 Å². The molecule has 0 aliphatic carbocycles.